The van der Waals surface area contributed by atoms with Crippen LogP contribution in [0.1, 0.15) is 43.7 Å². The maximum Gasteiger partial charge on any atom is 0.423 e. The van der Waals surface area contributed by atoms with Gasteiger partial charge in [-0.1, -0.05) is 38.3 Å². The molecule has 1 aromatic heterocycles. The topological polar surface area (TPSA) is 38.2 Å². The molecule has 0 atom stereocenters. The van der Waals surface area contributed by atoms with E-state index >= 15 is 0 Å². The van der Waals surface area contributed by atoms with E-state index in [1.807, 2.05) is 12.1 Å². The second-order valence-corrected chi connectivity index (χ2v) is 6.83. The van der Waals surface area contributed by atoms with Crippen molar-refractivity contribution in [1.82, 2.24) is 9.97 Å². The van der Waals surface area contributed by atoms with Crippen molar-refractivity contribution >= 4 is 11.6 Å². The minimum Gasteiger partial charge on any atom is -0.467 e. The Bertz CT molecular complexity index is 806. The van der Waals surface area contributed by atoms with Crippen molar-refractivity contribution in [3.8, 4) is 5.88 Å². The Kier molecular flexibility index (Phi) is 7.91. The Hall–Kier alpha value is -2.52. The van der Waals surface area contributed by atoms with Crippen LogP contribution in [-0.4, -0.2) is 29.8 Å². The number of aromatic nitrogens is 2. The van der Waals surface area contributed by atoms with Gasteiger partial charge >= 0.3 is 12.4 Å². The minimum absolute atomic E-state index is 0.212. The summed E-state index contributed by atoms with van der Waals surface area (Å²) in [5, 5.41) is 0. The van der Waals surface area contributed by atoms with E-state index in [9.17, 15) is 26.3 Å². The number of benzene rings is 1. The molecule has 10 heteroatoms. The number of alkyl halides is 6. The van der Waals surface area contributed by atoms with Crippen molar-refractivity contribution in [3.63, 3.8) is 0 Å². The van der Waals surface area contributed by atoms with Crippen molar-refractivity contribution in [1.29, 1.82) is 0 Å². The second kappa shape index (κ2) is 9.99. The van der Waals surface area contributed by atoms with E-state index in [0.29, 0.717) is 11.9 Å². The monoisotopic (exact) mass is 435 g/mol. The van der Waals surface area contributed by atoms with E-state index < -0.39 is 30.4 Å². The summed E-state index contributed by atoms with van der Waals surface area (Å²) in [5.41, 5.74) is 0.228. The van der Waals surface area contributed by atoms with Crippen molar-refractivity contribution in [2.24, 2.45) is 0 Å². The standard InChI is InChI=1S/C20H23F6N3O/c1-3-4-5-6-7-14-8-10-15(11-9-14)29(2)18-27-12-16(20(24,25)26)17(28-18)30-13-19(21,22)23/h8-12H,3-7,13H2,1-2H3. The lowest BCUT2D eigenvalue weighted by atomic mass is 10.1. The highest BCUT2D eigenvalue weighted by Crippen LogP contribution is 2.36. The summed E-state index contributed by atoms with van der Waals surface area (Å²) < 4.78 is 80.7. The molecule has 1 heterocycles. The number of anilines is 2. The summed E-state index contributed by atoms with van der Waals surface area (Å²) in [4.78, 5) is 8.61. The minimum atomic E-state index is -4.95. The Morgan fingerprint density at radius 1 is 0.967 bits per heavy atom. The smallest absolute Gasteiger partial charge is 0.423 e. The first-order chi connectivity index (χ1) is 14.0. The largest absolute Gasteiger partial charge is 0.467 e. The molecule has 0 N–H and O–H groups in total. The average molecular weight is 435 g/mol. The van der Waals surface area contributed by atoms with Gasteiger partial charge in [0.1, 0.15) is 5.56 Å². The molecule has 2 aromatic rings. The molecule has 0 spiro atoms. The summed E-state index contributed by atoms with van der Waals surface area (Å²) >= 11 is 0. The van der Waals surface area contributed by atoms with Crippen LogP contribution in [0.5, 0.6) is 5.88 Å². The van der Waals surface area contributed by atoms with Crippen molar-refractivity contribution < 1.29 is 31.1 Å². The van der Waals surface area contributed by atoms with Crippen LogP contribution in [0.25, 0.3) is 0 Å². The van der Waals surface area contributed by atoms with Crippen LogP contribution in [-0.2, 0) is 12.6 Å². The van der Waals surface area contributed by atoms with Gasteiger partial charge in [-0.25, -0.2) is 4.98 Å². The highest BCUT2D eigenvalue weighted by atomic mass is 19.4. The fourth-order valence-electron chi connectivity index (χ4n) is 2.73. The summed E-state index contributed by atoms with van der Waals surface area (Å²) in [5.74, 6) is -1.37. The summed E-state index contributed by atoms with van der Waals surface area (Å²) in [6, 6.07) is 7.30. The molecule has 0 unspecified atom stereocenters. The van der Waals surface area contributed by atoms with E-state index in [0.717, 1.165) is 31.2 Å². The van der Waals surface area contributed by atoms with Crippen LogP contribution in [0, 0.1) is 0 Å². The maximum absolute atomic E-state index is 13.1. The van der Waals surface area contributed by atoms with E-state index in [1.165, 1.54) is 18.4 Å². The maximum atomic E-state index is 13.1. The van der Waals surface area contributed by atoms with E-state index in [-0.39, 0.29) is 5.95 Å². The molecule has 0 bridgehead atoms. The first-order valence-electron chi connectivity index (χ1n) is 9.47. The molecular formula is C20H23F6N3O. The molecule has 0 aliphatic carbocycles. The van der Waals surface area contributed by atoms with Crippen LogP contribution >= 0.6 is 0 Å². The van der Waals surface area contributed by atoms with Crippen molar-refractivity contribution in [3.05, 3.63) is 41.6 Å². The number of nitrogens with zero attached hydrogens (tertiary/aromatic N) is 3. The van der Waals surface area contributed by atoms with Crippen LogP contribution in [0.3, 0.4) is 0 Å². The molecule has 0 aliphatic rings. The van der Waals surface area contributed by atoms with E-state index in [2.05, 4.69) is 21.6 Å². The quantitative estimate of drug-likeness (QED) is 0.341. The molecule has 0 radical (unpaired) electrons. The molecule has 0 aliphatic heterocycles. The lowest BCUT2D eigenvalue weighted by molar-refractivity contribution is -0.159. The van der Waals surface area contributed by atoms with Crippen LogP contribution in [0.15, 0.2) is 30.5 Å². The number of aryl methyl sites for hydroxylation is 1. The van der Waals surface area contributed by atoms with Gasteiger partial charge in [0.15, 0.2) is 6.61 Å². The zero-order valence-electron chi connectivity index (χ0n) is 16.6. The number of hydrogen-bond donors (Lipinski definition) is 0. The Labute approximate surface area is 170 Å². The van der Waals surface area contributed by atoms with E-state index in [1.54, 1.807) is 12.1 Å². The number of ether oxygens (including phenoxy) is 1. The third kappa shape index (κ3) is 7.07. The van der Waals surface area contributed by atoms with Gasteiger partial charge in [0.05, 0.1) is 0 Å². The zero-order chi connectivity index (χ0) is 22.4. The van der Waals surface area contributed by atoms with Gasteiger partial charge < -0.3 is 9.64 Å². The van der Waals surface area contributed by atoms with Gasteiger partial charge in [-0.3, -0.25) is 0 Å². The van der Waals surface area contributed by atoms with Gasteiger partial charge in [-0.2, -0.15) is 31.3 Å². The van der Waals surface area contributed by atoms with E-state index in [4.69, 9.17) is 0 Å². The third-order valence-corrected chi connectivity index (χ3v) is 4.36. The first kappa shape index (κ1) is 23.8. The van der Waals surface area contributed by atoms with Gasteiger partial charge in [0, 0.05) is 18.9 Å². The van der Waals surface area contributed by atoms with Crippen LogP contribution in [0.2, 0.25) is 0 Å². The molecule has 2 rings (SSSR count). The fourth-order valence-corrected chi connectivity index (χ4v) is 2.73. The lowest BCUT2D eigenvalue weighted by Gasteiger charge is -2.20. The first-order valence-corrected chi connectivity index (χ1v) is 9.47. The van der Waals surface area contributed by atoms with Crippen LogP contribution in [0.4, 0.5) is 38.0 Å². The summed E-state index contributed by atoms with van der Waals surface area (Å²) in [7, 11) is 1.51. The molecule has 0 saturated carbocycles. The highest BCUT2D eigenvalue weighted by Gasteiger charge is 2.38. The zero-order valence-corrected chi connectivity index (χ0v) is 16.6. The molecule has 0 saturated heterocycles. The summed E-state index contributed by atoms with van der Waals surface area (Å²) in [6.07, 6.45) is -3.90. The average Bonchev–Trinajstić information content (AvgIpc) is 2.68. The number of hydrogen-bond acceptors (Lipinski definition) is 4. The molecule has 30 heavy (non-hydrogen) atoms. The molecule has 0 amide bonds. The second-order valence-electron chi connectivity index (χ2n) is 6.83. The highest BCUT2D eigenvalue weighted by molar-refractivity contribution is 5.57. The van der Waals surface area contributed by atoms with Crippen molar-refractivity contribution in [2.75, 3.05) is 18.6 Å². The lowest BCUT2D eigenvalue weighted by Crippen LogP contribution is -2.23. The molecular weight excluding hydrogens is 412 g/mol. The molecule has 0 fully saturated rings. The van der Waals surface area contributed by atoms with Crippen LogP contribution < -0.4 is 9.64 Å². The van der Waals surface area contributed by atoms with Gasteiger partial charge in [0.25, 0.3) is 0 Å². The fraction of sp³-hybridized carbons (Fsp3) is 0.500. The predicted octanol–water partition coefficient (Wildman–Crippen LogP) is 6.33. The Morgan fingerprint density at radius 2 is 1.63 bits per heavy atom. The molecule has 4 nitrogen and oxygen atoms in total. The third-order valence-electron chi connectivity index (χ3n) is 4.36. The summed E-state index contributed by atoms with van der Waals surface area (Å²) in [6.45, 7) is 0.247. The predicted molar refractivity (Wildman–Crippen MR) is 101 cm³/mol. The normalized spacial score (nSPS) is 12.1. The van der Waals surface area contributed by atoms with Gasteiger partial charge in [0.2, 0.25) is 11.8 Å². The number of halogens is 6. The molecule has 166 valence electrons. The Morgan fingerprint density at radius 3 is 2.20 bits per heavy atom. The van der Waals surface area contributed by atoms with Gasteiger partial charge in [-0.05, 0) is 30.5 Å². The Balaban J connectivity index is 2.19. The van der Waals surface area contributed by atoms with Crippen molar-refractivity contribution in [2.45, 2.75) is 51.4 Å². The number of unbranched alkanes of at least 4 members (excludes halogenated alkanes) is 3. The molecule has 1 aromatic carbocycles. The van der Waals surface area contributed by atoms with Gasteiger partial charge in [-0.15, -0.1) is 0 Å². The number of rotatable bonds is 9. The SMILES string of the molecule is CCCCCCc1ccc(N(C)c2ncc(C(F)(F)F)c(OCC(F)(F)F)n2)cc1.